The van der Waals surface area contributed by atoms with Crippen LogP contribution in [0.3, 0.4) is 0 Å². The average Bonchev–Trinajstić information content (AvgIpc) is 3.40. The first-order chi connectivity index (χ1) is 16.2. The van der Waals surface area contributed by atoms with Crippen molar-refractivity contribution in [2.75, 3.05) is 17.7 Å². The first-order valence-electron chi connectivity index (χ1n) is 11.3. The maximum absolute atomic E-state index is 13.0. The van der Waals surface area contributed by atoms with Crippen LogP contribution in [-0.2, 0) is 18.3 Å². The van der Waals surface area contributed by atoms with Gasteiger partial charge in [0.05, 0.1) is 36.2 Å². The Morgan fingerprint density at radius 3 is 3.00 bits per heavy atom. The Morgan fingerprint density at radius 1 is 1.32 bits per heavy atom. The van der Waals surface area contributed by atoms with E-state index in [0.29, 0.717) is 45.1 Å². The van der Waals surface area contributed by atoms with Gasteiger partial charge in [-0.2, -0.15) is 9.61 Å². The predicted molar refractivity (Wildman–Crippen MR) is 116 cm³/mol. The monoisotopic (exact) mass is 424 g/mol. The van der Waals surface area contributed by atoms with Crippen molar-refractivity contribution in [1.82, 2.24) is 34.9 Å². The lowest BCUT2D eigenvalue weighted by molar-refractivity contribution is 0.0303. The molecule has 11 heteroatoms. The number of aromatic nitrogens is 6. The van der Waals surface area contributed by atoms with Crippen molar-refractivity contribution in [3.63, 3.8) is 0 Å². The summed E-state index contributed by atoms with van der Waals surface area (Å²) in [7, 11) is 1.74. The van der Waals surface area contributed by atoms with E-state index in [1.165, 1.54) is 10.7 Å². The van der Waals surface area contributed by atoms with Crippen LogP contribution < -0.4 is 16.0 Å². The van der Waals surface area contributed by atoms with E-state index in [9.17, 15) is 4.79 Å². The fourth-order valence-electron chi connectivity index (χ4n) is 3.54. The third-order valence-electron chi connectivity index (χ3n) is 5.42. The van der Waals surface area contributed by atoms with Gasteiger partial charge in [0.2, 0.25) is 0 Å². The van der Waals surface area contributed by atoms with Crippen molar-refractivity contribution in [3.05, 3.63) is 35.5 Å². The van der Waals surface area contributed by atoms with Crippen molar-refractivity contribution in [1.29, 1.82) is 0 Å². The van der Waals surface area contributed by atoms with Gasteiger partial charge in [0.1, 0.15) is 22.7 Å². The molecule has 0 saturated heterocycles. The van der Waals surface area contributed by atoms with Crippen LogP contribution in [-0.4, -0.2) is 54.7 Å². The molecule has 0 spiro atoms. The highest BCUT2D eigenvalue weighted by atomic mass is 16.5. The topological polar surface area (TPSA) is 123 Å². The van der Waals surface area contributed by atoms with Gasteiger partial charge in [0.15, 0.2) is 5.65 Å². The van der Waals surface area contributed by atoms with Gasteiger partial charge in [-0.15, -0.1) is 5.10 Å². The molecule has 3 N–H and O–H groups in total. The van der Waals surface area contributed by atoms with Crippen LogP contribution in [0.25, 0.3) is 16.7 Å². The number of aryl methyl sites for hydroxylation is 1. The van der Waals surface area contributed by atoms with Crippen LogP contribution >= 0.6 is 0 Å². The molecule has 1 aromatic carbocycles. The molecule has 160 valence electrons. The summed E-state index contributed by atoms with van der Waals surface area (Å²) < 4.78 is 31.9. The van der Waals surface area contributed by atoms with Crippen LogP contribution in [0, 0.1) is 0 Å². The minimum atomic E-state index is -2.50. The highest BCUT2D eigenvalue weighted by molar-refractivity contribution is 6.00. The molecule has 1 aliphatic heterocycles. The Hall–Kier alpha value is -3.73. The molecule has 4 heterocycles. The molecule has 2 atom stereocenters. The second-order valence-corrected chi connectivity index (χ2v) is 7.49. The Kier molecular flexibility index (Phi) is 3.72. The second kappa shape index (κ2) is 7.20. The normalized spacial score (nSPS) is 21.1. The second-order valence-electron chi connectivity index (χ2n) is 7.49. The summed E-state index contributed by atoms with van der Waals surface area (Å²) in [5.41, 5.74) is 2.59. The predicted octanol–water partition coefficient (Wildman–Crippen LogP) is 1.83. The molecule has 3 aromatic heterocycles. The van der Waals surface area contributed by atoms with Crippen LogP contribution in [0.5, 0.6) is 0 Å². The number of amides is 1. The Bertz CT molecular complexity index is 1410. The van der Waals surface area contributed by atoms with Crippen LogP contribution in [0.4, 0.5) is 17.3 Å². The van der Waals surface area contributed by atoms with Gasteiger partial charge in [-0.3, -0.25) is 4.79 Å². The molecule has 0 fully saturated rings. The van der Waals surface area contributed by atoms with Crippen LogP contribution in [0.1, 0.15) is 33.9 Å². The van der Waals surface area contributed by atoms with E-state index in [4.69, 9.17) is 8.85 Å². The number of hydrogen-bond donors (Lipinski definition) is 3. The first-order valence-corrected chi connectivity index (χ1v) is 9.80. The molecule has 4 aromatic rings. The van der Waals surface area contributed by atoms with Gasteiger partial charge in [0.25, 0.3) is 5.91 Å². The van der Waals surface area contributed by atoms with Crippen LogP contribution in [0.2, 0.25) is 0 Å². The van der Waals surface area contributed by atoms with Crippen molar-refractivity contribution in [2.24, 2.45) is 6.98 Å². The average molecular weight is 424 g/mol. The minimum Gasteiger partial charge on any atom is -0.373 e. The maximum atomic E-state index is 13.0. The molecule has 0 saturated carbocycles. The van der Waals surface area contributed by atoms with E-state index in [2.05, 4.69) is 36.3 Å². The smallest absolute Gasteiger partial charge is 0.257 e. The molecular weight excluding hydrogens is 398 g/mol. The summed E-state index contributed by atoms with van der Waals surface area (Å²) >= 11 is 0. The number of ether oxygens (including phenoxy) is 1. The molecule has 11 nitrogen and oxygen atoms in total. The molecule has 0 unspecified atom stereocenters. The van der Waals surface area contributed by atoms with Crippen molar-refractivity contribution >= 4 is 39.9 Å². The molecule has 1 amide bonds. The molecular formula is C20H23N9O2. The largest absolute Gasteiger partial charge is 0.373 e. The molecule has 0 aliphatic carbocycles. The van der Waals surface area contributed by atoms with Crippen molar-refractivity contribution in [2.45, 2.75) is 32.6 Å². The number of hydrogen-bond acceptors (Lipinski definition) is 8. The summed E-state index contributed by atoms with van der Waals surface area (Å²) in [6.45, 7) is 1.39. The summed E-state index contributed by atoms with van der Waals surface area (Å²) in [5, 5.41) is 21.5. The number of anilines is 3. The van der Waals surface area contributed by atoms with E-state index in [1.807, 2.05) is 19.9 Å². The maximum Gasteiger partial charge on any atom is 0.257 e. The summed E-state index contributed by atoms with van der Waals surface area (Å²) in [6.07, 6.45) is 1.13. The Balaban J connectivity index is 1.74. The lowest BCUT2D eigenvalue weighted by atomic mass is 10.1. The highest BCUT2D eigenvalue weighted by Crippen LogP contribution is 2.28. The van der Waals surface area contributed by atoms with E-state index < -0.39 is 6.98 Å². The third-order valence-corrected chi connectivity index (χ3v) is 5.42. The van der Waals surface area contributed by atoms with Gasteiger partial charge in [-0.05, 0) is 31.5 Å². The molecule has 0 radical (unpaired) electrons. The summed E-state index contributed by atoms with van der Waals surface area (Å²) in [6, 6.07) is 4.93. The van der Waals surface area contributed by atoms with Crippen LogP contribution in [0.15, 0.2) is 24.4 Å². The molecule has 1 aliphatic rings. The zero-order valence-corrected chi connectivity index (χ0v) is 17.2. The fraction of sp³-hybridized carbons (Fsp3) is 0.350. The zero-order chi connectivity index (χ0) is 24.2. The SMILES string of the molecule is [2H]C([2H])([2H])n1nnc2c3cc(cc21)CO[C@@H](C)[C@@H](C)NC(=O)c1cnn2c(NC)cc(nc12)N3. The van der Waals surface area contributed by atoms with Gasteiger partial charge in [0, 0.05) is 24.2 Å². The number of benzene rings is 1. The third kappa shape index (κ3) is 3.22. The number of rotatable bonds is 1. The van der Waals surface area contributed by atoms with Crippen molar-refractivity contribution in [3.8, 4) is 0 Å². The van der Waals surface area contributed by atoms with Gasteiger partial charge >= 0.3 is 0 Å². The lowest BCUT2D eigenvalue weighted by Gasteiger charge is -2.22. The number of nitrogens with zero attached hydrogens (tertiary/aromatic N) is 6. The molecule has 4 bridgehead atoms. The van der Waals surface area contributed by atoms with Gasteiger partial charge in [-0.25, -0.2) is 9.67 Å². The number of nitrogens with one attached hydrogen (secondary N) is 3. The number of carbonyl (C=O) groups is 1. The summed E-state index contributed by atoms with van der Waals surface area (Å²) in [4.78, 5) is 17.6. The van der Waals surface area contributed by atoms with Gasteiger partial charge in [-0.1, -0.05) is 5.21 Å². The van der Waals surface area contributed by atoms with E-state index in [-0.39, 0.29) is 24.7 Å². The molecule has 5 rings (SSSR count). The Morgan fingerprint density at radius 2 is 2.19 bits per heavy atom. The fourth-order valence-corrected chi connectivity index (χ4v) is 3.54. The first kappa shape index (κ1) is 16.0. The van der Waals surface area contributed by atoms with E-state index in [1.54, 1.807) is 19.2 Å². The Labute approximate surface area is 182 Å². The number of carbonyl (C=O) groups excluding carboxylic acids is 1. The van der Waals surface area contributed by atoms with Crippen molar-refractivity contribution < 1.29 is 13.6 Å². The van der Waals surface area contributed by atoms with Gasteiger partial charge < -0.3 is 20.7 Å². The van der Waals surface area contributed by atoms with E-state index in [0.717, 1.165) is 4.68 Å². The lowest BCUT2D eigenvalue weighted by Crippen LogP contribution is -2.41. The molecule has 31 heavy (non-hydrogen) atoms. The van der Waals surface area contributed by atoms with E-state index >= 15 is 0 Å². The highest BCUT2D eigenvalue weighted by Gasteiger charge is 2.22. The quantitative estimate of drug-likeness (QED) is 0.423. The number of fused-ring (bicyclic) bond motifs is 5. The zero-order valence-electron chi connectivity index (χ0n) is 20.2. The summed E-state index contributed by atoms with van der Waals surface area (Å²) in [5.74, 6) is 0.692. The minimum absolute atomic E-state index is 0.186. The standard InChI is InChI=1S/C20H23N9O2/c1-10-11(2)31-9-12-5-14(18-15(6-12)28(4)27-26-18)24-16-7-17(21-3)29-19(25-16)13(8-22-29)20(30)23-10/h5-8,10-11,21H,9H2,1-4H3,(H,23,30)(H,24,25)/t10-,11+/m1/s1/i4D3.